The summed E-state index contributed by atoms with van der Waals surface area (Å²) in [5.74, 6) is -0.685. The standard InChI is InChI=1S/C11H15FN2O2/c1-7(6-13)11(15)14-10-5-8(16-2)3-4-9(10)12/h3-5,7H,6,13H2,1-2H3,(H,14,15). The van der Waals surface area contributed by atoms with Crippen molar-refractivity contribution >= 4 is 11.6 Å². The van der Waals surface area contributed by atoms with E-state index in [1.54, 1.807) is 6.92 Å². The highest BCUT2D eigenvalue weighted by molar-refractivity contribution is 5.92. The summed E-state index contributed by atoms with van der Waals surface area (Å²) in [6, 6.07) is 4.15. The fourth-order valence-corrected chi connectivity index (χ4v) is 1.09. The van der Waals surface area contributed by atoms with Crippen molar-refractivity contribution < 1.29 is 13.9 Å². The molecule has 0 saturated carbocycles. The van der Waals surface area contributed by atoms with Gasteiger partial charge < -0.3 is 15.8 Å². The van der Waals surface area contributed by atoms with Crippen molar-refractivity contribution in [2.45, 2.75) is 6.92 Å². The Kier molecular flexibility index (Phi) is 4.25. The normalized spacial score (nSPS) is 12.0. The minimum Gasteiger partial charge on any atom is -0.497 e. The number of halogens is 1. The minimum atomic E-state index is -0.502. The van der Waals surface area contributed by atoms with Crippen LogP contribution in [0, 0.1) is 11.7 Å². The molecule has 1 atom stereocenters. The SMILES string of the molecule is COc1ccc(F)c(NC(=O)C(C)CN)c1. The summed E-state index contributed by atoms with van der Waals surface area (Å²) < 4.78 is 18.3. The van der Waals surface area contributed by atoms with Crippen LogP contribution < -0.4 is 15.8 Å². The Hall–Kier alpha value is -1.62. The molecule has 0 aliphatic carbocycles. The quantitative estimate of drug-likeness (QED) is 0.814. The van der Waals surface area contributed by atoms with Gasteiger partial charge in [-0.1, -0.05) is 6.92 Å². The van der Waals surface area contributed by atoms with E-state index in [0.29, 0.717) is 5.75 Å². The average molecular weight is 226 g/mol. The van der Waals surface area contributed by atoms with Crippen molar-refractivity contribution in [3.8, 4) is 5.75 Å². The van der Waals surface area contributed by atoms with Crippen LogP contribution in [0.4, 0.5) is 10.1 Å². The summed E-state index contributed by atoms with van der Waals surface area (Å²) in [5.41, 5.74) is 5.44. The van der Waals surface area contributed by atoms with Crippen LogP contribution in [-0.2, 0) is 4.79 Å². The van der Waals surface area contributed by atoms with Crippen molar-refractivity contribution in [1.29, 1.82) is 0 Å². The first-order valence-corrected chi connectivity index (χ1v) is 4.93. The number of benzene rings is 1. The van der Waals surface area contributed by atoms with Gasteiger partial charge in [-0.2, -0.15) is 0 Å². The number of methoxy groups -OCH3 is 1. The topological polar surface area (TPSA) is 64.3 Å². The third kappa shape index (κ3) is 2.93. The van der Waals surface area contributed by atoms with Crippen LogP contribution in [0.1, 0.15) is 6.92 Å². The van der Waals surface area contributed by atoms with Gasteiger partial charge in [-0.3, -0.25) is 4.79 Å². The van der Waals surface area contributed by atoms with E-state index in [-0.39, 0.29) is 24.1 Å². The molecule has 88 valence electrons. The van der Waals surface area contributed by atoms with Gasteiger partial charge in [0.25, 0.3) is 0 Å². The lowest BCUT2D eigenvalue weighted by Gasteiger charge is -2.11. The molecule has 0 aliphatic rings. The first kappa shape index (κ1) is 12.4. The summed E-state index contributed by atoms with van der Waals surface area (Å²) in [4.78, 5) is 11.5. The summed E-state index contributed by atoms with van der Waals surface area (Å²) in [7, 11) is 1.47. The zero-order valence-electron chi connectivity index (χ0n) is 9.29. The molecule has 0 radical (unpaired) electrons. The molecular weight excluding hydrogens is 211 g/mol. The molecule has 4 nitrogen and oxygen atoms in total. The molecule has 1 rings (SSSR count). The Morgan fingerprint density at radius 3 is 2.88 bits per heavy atom. The molecule has 1 aromatic carbocycles. The zero-order valence-corrected chi connectivity index (χ0v) is 9.29. The number of carbonyl (C=O) groups is 1. The number of nitrogens with one attached hydrogen (secondary N) is 1. The van der Waals surface area contributed by atoms with Crippen molar-refractivity contribution in [3.05, 3.63) is 24.0 Å². The largest absolute Gasteiger partial charge is 0.497 e. The Morgan fingerprint density at radius 2 is 2.31 bits per heavy atom. The van der Waals surface area contributed by atoms with Crippen LogP contribution in [0.3, 0.4) is 0 Å². The van der Waals surface area contributed by atoms with E-state index in [1.807, 2.05) is 0 Å². The molecule has 5 heteroatoms. The predicted molar refractivity (Wildman–Crippen MR) is 59.8 cm³/mol. The number of amides is 1. The first-order chi connectivity index (χ1) is 7.58. The fourth-order valence-electron chi connectivity index (χ4n) is 1.09. The van der Waals surface area contributed by atoms with Crippen LogP contribution >= 0.6 is 0 Å². The van der Waals surface area contributed by atoms with Crippen molar-refractivity contribution in [1.82, 2.24) is 0 Å². The molecule has 0 fully saturated rings. The lowest BCUT2D eigenvalue weighted by atomic mass is 10.1. The molecule has 1 amide bonds. The molecule has 0 heterocycles. The molecule has 3 N–H and O–H groups in total. The predicted octanol–water partition coefficient (Wildman–Crippen LogP) is 1.37. The second-order valence-electron chi connectivity index (χ2n) is 3.47. The van der Waals surface area contributed by atoms with Crippen molar-refractivity contribution in [3.63, 3.8) is 0 Å². The van der Waals surface area contributed by atoms with Gasteiger partial charge in [0.15, 0.2) is 0 Å². The Balaban J connectivity index is 2.83. The van der Waals surface area contributed by atoms with Crippen LogP contribution in [0.25, 0.3) is 0 Å². The number of ether oxygens (including phenoxy) is 1. The number of hydrogen-bond donors (Lipinski definition) is 2. The molecule has 0 spiro atoms. The van der Waals surface area contributed by atoms with E-state index in [0.717, 1.165) is 0 Å². The van der Waals surface area contributed by atoms with Gasteiger partial charge in [0.05, 0.1) is 12.8 Å². The Morgan fingerprint density at radius 1 is 1.62 bits per heavy atom. The lowest BCUT2D eigenvalue weighted by Crippen LogP contribution is -2.27. The van der Waals surface area contributed by atoms with E-state index in [2.05, 4.69) is 5.32 Å². The molecule has 0 bridgehead atoms. The van der Waals surface area contributed by atoms with Gasteiger partial charge in [0, 0.05) is 18.5 Å². The summed E-state index contributed by atoms with van der Waals surface area (Å²) in [6.45, 7) is 1.89. The first-order valence-electron chi connectivity index (χ1n) is 4.93. The second-order valence-corrected chi connectivity index (χ2v) is 3.47. The molecule has 1 aromatic rings. The molecule has 16 heavy (non-hydrogen) atoms. The van der Waals surface area contributed by atoms with E-state index < -0.39 is 5.82 Å². The highest BCUT2D eigenvalue weighted by atomic mass is 19.1. The third-order valence-corrected chi connectivity index (χ3v) is 2.23. The van der Waals surface area contributed by atoms with Crippen molar-refractivity contribution in [2.24, 2.45) is 11.7 Å². The van der Waals surface area contributed by atoms with Crippen LogP contribution in [0.15, 0.2) is 18.2 Å². The fraction of sp³-hybridized carbons (Fsp3) is 0.364. The maximum atomic E-state index is 13.3. The lowest BCUT2D eigenvalue weighted by molar-refractivity contribution is -0.119. The molecule has 0 saturated heterocycles. The summed E-state index contributed by atoms with van der Waals surface area (Å²) in [6.07, 6.45) is 0. The average Bonchev–Trinajstić information content (AvgIpc) is 2.30. The van der Waals surface area contributed by atoms with Crippen molar-refractivity contribution in [2.75, 3.05) is 19.0 Å². The van der Waals surface area contributed by atoms with Crippen LogP contribution in [0.2, 0.25) is 0 Å². The molecule has 0 aliphatic heterocycles. The maximum absolute atomic E-state index is 13.3. The Labute approximate surface area is 93.6 Å². The second kappa shape index (κ2) is 5.46. The van der Waals surface area contributed by atoms with Gasteiger partial charge in [-0.05, 0) is 12.1 Å². The highest BCUT2D eigenvalue weighted by Crippen LogP contribution is 2.21. The van der Waals surface area contributed by atoms with E-state index >= 15 is 0 Å². The molecule has 1 unspecified atom stereocenters. The van der Waals surface area contributed by atoms with Gasteiger partial charge in [-0.25, -0.2) is 4.39 Å². The van der Waals surface area contributed by atoms with Crippen LogP contribution in [-0.4, -0.2) is 19.6 Å². The van der Waals surface area contributed by atoms with Gasteiger partial charge >= 0.3 is 0 Å². The van der Waals surface area contributed by atoms with Gasteiger partial charge in [0.1, 0.15) is 11.6 Å². The zero-order chi connectivity index (χ0) is 12.1. The van der Waals surface area contributed by atoms with E-state index in [4.69, 9.17) is 10.5 Å². The maximum Gasteiger partial charge on any atom is 0.228 e. The number of hydrogen-bond acceptors (Lipinski definition) is 3. The minimum absolute atomic E-state index is 0.102. The summed E-state index contributed by atoms with van der Waals surface area (Å²) in [5, 5.41) is 2.46. The van der Waals surface area contributed by atoms with Gasteiger partial charge in [0.2, 0.25) is 5.91 Å². The number of anilines is 1. The summed E-state index contributed by atoms with van der Waals surface area (Å²) >= 11 is 0. The van der Waals surface area contributed by atoms with Crippen LogP contribution in [0.5, 0.6) is 5.75 Å². The monoisotopic (exact) mass is 226 g/mol. The van der Waals surface area contributed by atoms with E-state index in [9.17, 15) is 9.18 Å². The highest BCUT2D eigenvalue weighted by Gasteiger charge is 2.13. The Bertz CT molecular complexity index is 382. The van der Waals surface area contributed by atoms with Gasteiger partial charge in [-0.15, -0.1) is 0 Å². The smallest absolute Gasteiger partial charge is 0.228 e. The molecular formula is C11H15FN2O2. The number of nitrogens with two attached hydrogens (primary N) is 1. The van der Waals surface area contributed by atoms with E-state index in [1.165, 1.54) is 25.3 Å². The number of carbonyl (C=O) groups excluding carboxylic acids is 1. The third-order valence-electron chi connectivity index (χ3n) is 2.23. The molecule has 0 aromatic heterocycles. The number of rotatable bonds is 4.